The van der Waals surface area contributed by atoms with Crippen LogP contribution in [0.5, 0.6) is 0 Å². The standard InChI is InChI=1S/C15H20N4O4/c1-4-6-8-19-13-12(14(21)17-15(19)22)18(3)10(16-13)9-23-11(20)7-5-2/h5,7H,4,6,8-9H2,1-3H3,(H,17,21,22)/b7-5+. The normalized spacial score (nSPS) is 11.4. The molecular weight excluding hydrogens is 300 g/mol. The number of H-pyrrole nitrogens is 1. The third-order valence-corrected chi connectivity index (χ3v) is 3.49. The number of hydrogen-bond donors (Lipinski definition) is 1. The van der Waals surface area contributed by atoms with Crippen molar-refractivity contribution in [2.24, 2.45) is 7.05 Å². The highest BCUT2D eigenvalue weighted by Gasteiger charge is 2.16. The molecule has 2 aromatic heterocycles. The molecule has 0 saturated heterocycles. The molecule has 0 saturated carbocycles. The minimum Gasteiger partial charge on any atom is -0.454 e. The van der Waals surface area contributed by atoms with Gasteiger partial charge in [0.25, 0.3) is 5.56 Å². The Hall–Kier alpha value is -2.64. The van der Waals surface area contributed by atoms with E-state index < -0.39 is 17.2 Å². The van der Waals surface area contributed by atoms with Crippen molar-refractivity contribution in [3.05, 3.63) is 38.8 Å². The quantitative estimate of drug-likeness (QED) is 0.628. The zero-order valence-electron chi connectivity index (χ0n) is 13.5. The largest absolute Gasteiger partial charge is 0.454 e. The Bertz CT molecular complexity index is 857. The maximum atomic E-state index is 12.1. The number of nitrogens with one attached hydrogen (secondary N) is 1. The molecule has 0 unspecified atom stereocenters. The van der Waals surface area contributed by atoms with Crippen molar-refractivity contribution in [2.75, 3.05) is 0 Å². The highest BCUT2D eigenvalue weighted by atomic mass is 16.5. The number of carbonyl (C=O) groups excluding carboxylic acids is 1. The molecule has 0 amide bonds. The fourth-order valence-electron chi connectivity index (χ4n) is 2.26. The van der Waals surface area contributed by atoms with Crippen LogP contribution < -0.4 is 11.2 Å². The van der Waals surface area contributed by atoms with Crippen molar-refractivity contribution < 1.29 is 9.53 Å². The van der Waals surface area contributed by atoms with E-state index in [9.17, 15) is 14.4 Å². The Kier molecular flexibility index (Phi) is 5.15. The number of ether oxygens (including phenoxy) is 1. The third kappa shape index (κ3) is 3.41. The van der Waals surface area contributed by atoms with E-state index >= 15 is 0 Å². The minimum absolute atomic E-state index is 0.0736. The smallest absolute Gasteiger partial charge is 0.330 e. The van der Waals surface area contributed by atoms with Gasteiger partial charge in [-0.1, -0.05) is 19.4 Å². The van der Waals surface area contributed by atoms with Crippen molar-refractivity contribution in [2.45, 2.75) is 39.8 Å². The summed E-state index contributed by atoms with van der Waals surface area (Å²) in [5, 5.41) is 0. The molecule has 2 aromatic rings. The zero-order valence-corrected chi connectivity index (χ0v) is 13.5. The number of aromatic amines is 1. The van der Waals surface area contributed by atoms with Crippen LogP contribution in [0, 0.1) is 0 Å². The molecule has 2 rings (SSSR count). The van der Waals surface area contributed by atoms with E-state index in [0.717, 1.165) is 12.8 Å². The first-order chi connectivity index (χ1) is 11.0. The van der Waals surface area contributed by atoms with E-state index in [0.29, 0.717) is 18.0 Å². The average Bonchev–Trinajstić information content (AvgIpc) is 2.82. The molecular formula is C15H20N4O4. The van der Waals surface area contributed by atoms with Crippen LogP contribution in [0.25, 0.3) is 11.2 Å². The van der Waals surface area contributed by atoms with E-state index in [4.69, 9.17) is 4.74 Å². The van der Waals surface area contributed by atoms with Gasteiger partial charge in [-0.2, -0.15) is 0 Å². The molecule has 23 heavy (non-hydrogen) atoms. The molecule has 124 valence electrons. The lowest BCUT2D eigenvalue weighted by atomic mass is 10.3. The summed E-state index contributed by atoms with van der Waals surface area (Å²) in [5.74, 6) is -0.0870. The van der Waals surface area contributed by atoms with Gasteiger partial charge in [-0.05, 0) is 13.3 Å². The summed E-state index contributed by atoms with van der Waals surface area (Å²) in [5.41, 5.74) is -0.380. The molecule has 1 N–H and O–H groups in total. The van der Waals surface area contributed by atoms with E-state index in [1.54, 1.807) is 24.6 Å². The number of fused-ring (bicyclic) bond motifs is 1. The van der Waals surface area contributed by atoms with E-state index in [2.05, 4.69) is 9.97 Å². The SMILES string of the molecule is C/C=C/C(=O)OCc1nc2c(c(=O)[nH]c(=O)n2CCCC)n1C. The summed E-state index contributed by atoms with van der Waals surface area (Å²) in [7, 11) is 1.65. The number of carbonyl (C=O) groups is 1. The van der Waals surface area contributed by atoms with E-state index in [1.807, 2.05) is 6.92 Å². The number of aromatic nitrogens is 4. The van der Waals surface area contributed by atoms with Crippen molar-refractivity contribution in [3.8, 4) is 0 Å². The van der Waals surface area contributed by atoms with Crippen molar-refractivity contribution in [1.82, 2.24) is 19.1 Å². The van der Waals surface area contributed by atoms with Crippen LogP contribution in [0.15, 0.2) is 21.7 Å². The second kappa shape index (κ2) is 7.08. The van der Waals surface area contributed by atoms with E-state index in [1.165, 1.54) is 10.6 Å². The zero-order chi connectivity index (χ0) is 17.0. The van der Waals surface area contributed by atoms with Gasteiger partial charge in [0.1, 0.15) is 12.4 Å². The van der Waals surface area contributed by atoms with Crippen LogP contribution in [0.2, 0.25) is 0 Å². The van der Waals surface area contributed by atoms with Gasteiger partial charge in [-0.25, -0.2) is 14.6 Å². The lowest BCUT2D eigenvalue weighted by Crippen LogP contribution is -2.31. The van der Waals surface area contributed by atoms with Gasteiger partial charge in [0.15, 0.2) is 11.2 Å². The number of aryl methyl sites for hydroxylation is 2. The Balaban J connectivity index is 2.47. The molecule has 0 aliphatic heterocycles. The van der Waals surface area contributed by atoms with Gasteiger partial charge in [0.05, 0.1) is 0 Å². The number of esters is 1. The van der Waals surface area contributed by atoms with Crippen LogP contribution in [0.3, 0.4) is 0 Å². The molecule has 0 atom stereocenters. The topological polar surface area (TPSA) is 99.0 Å². The van der Waals surface area contributed by atoms with Gasteiger partial charge in [0.2, 0.25) is 0 Å². The maximum Gasteiger partial charge on any atom is 0.330 e. The predicted molar refractivity (Wildman–Crippen MR) is 85.1 cm³/mol. The lowest BCUT2D eigenvalue weighted by molar-refractivity contribution is -0.139. The Morgan fingerprint density at radius 1 is 1.39 bits per heavy atom. The Morgan fingerprint density at radius 2 is 2.13 bits per heavy atom. The molecule has 0 fully saturated rings. The van der Waals surface area contributed by atoms with Crippen molar-refractivity contribution in [1.29, 1.82) is 0 Å². The first-order valence-electron chi connectivity index (χ1n) is 7.47. The summed E-state index contributed by atoms with van der Waals surface area (Å²) < 4.78 is 8.04. The van der Waals surface area contributed by atoms with Crippen LogP contribution in [-0.4, -0.2) is 25.1 Å². The average molecular weight is 320 g/mol. The summed E-state index contributed by atoms with van der Waals surface area (Å²) in [6.45, 7) is 4.12. The highest BCUT2D eigenvalue weighted by molar-refractivity contribution is 5.81. The molecule has 0 aliphatic rings. The maximum absolute atomic E-state index is 12.1. The monoisotopic (exact) mass is 320 g/mol. The number of allylic oxidation sites excluding steroid dienone is 1. The minimum atomic E-state index is -0.501. The number of hydrogen-bond acceptors (Lipinski definition) is 5. The first kappa shape index (κ1) is 16.7. The molecule has 0 bridgehead atoms. The third-order valence-electron chi connectivity index (χ3n) is 3.49. The molecule has 2 heterocycles. The summed E-state index contributed by atoms with van der Waals surface area (Å²) in [6.07, 6.45) is 4.58. The lowest BCUT2D eigenvalue weighted by Gasteiger charge is -2.04. The van der Waals surface area contributed by atoms with Crippen LogP contribution in [0.1, 0.15) is 32.5 Å². The van der Waals surface area contributed by atoms with Crippen LogP contribution in [-0.2, 0) is 29.7 Å². The van der Waals surface area contributed by atoms with Gasteiger partial charge in [-0.15, -0.1) is 0 Å². The first-order valence-corrected chi connectivity index (χ1v) is 7.47. The molecule has 8 heteroatoms. The van der Waals surface area contributed by atoms with Crippen LogP contribution in [0.4, 0.5) is 0 Å². The van der Waals surface area contributed by atoms with Gasteiger partial charge in [-0.3, -0.25) is 14.3 Å². The van der Waals surface area contributed by atoms with Crippen molar-refractivity contribution in [3.63, 3.8) is 0 Å². The van der Waals surface area contributed by atoms with Gasteiger partial charge < -0.3 is 9.30 Å². The van der Waals surface area contributed by atoms with Gasteiger partial charge >= 0.3 is 11.7 Å². The number of nitrogens with zero attached hydrogens (tertiary/aromatic N) is 3. The van der Waals surface area contributed by atoms with Gasteiger partial charge in [0, 0.05) is 19.7 Å². The highest BCUT2D eigenvalue weighted by Crippen LogP contribution is 2.11. The molecule has 0 radical (unpaired) electrons. The molecule has 0 aliphatic carbocycles. The fourth-order valence-corrected chi connectivity index (χ4v) is 2.26. The summed E-state index contributed by atoms with van der Waals surface area (Å²) in [6, 6.07) is 0. The summed E-state index contributed by atoms with van der Waals surface area (Å²) >= 11 is 0. The second-order valence-corrected chi connectivity index (χ2v) is 5.13. The molecule has 0 spiro atoms. The molecule has 0 aromatic carbocycles. The number of rotatable bonds is 6. The number of imidazole rings is 1. The predicted octanol–water partition coefficient (Wildman–Crippen LogP) is 0.843. The fraction of sp³-hybridized carbons (Fsp3) is 0.467. The van der Waals surface area contributed by atoms with Crippen molar-refractivity contribution >= 4 is 17.1 Å². The second-order valence-electron chi connectivity index (χ2n) is 5.13. The number of unbranched alkanes of at least 4 members (excludes halogenated alkanes) is 1. The Labute approximate surface area is 132 Å². The molecule has 8 nitrogen and oxygen atoms in total. The van der Waals surface area contributed by atoms with E-state index in [-0.39, 0.29) is 12.1 Å². The Morgan fingerprint density at radius 3 is 2.78 bits per heavy atom. The van der Waals surface area contributed by atoms with Crippen LogP contribution >= 0.6 is 0 Å². The summed E-state index contributed by atoms with van der Waals surface area (Å²) in [4.78, 5) is 42.1.